The number of unbranched alkanes of at least 4 members (excludes halogenated alkanes) is 1. The van der Waals surface area contributed by atoms with Crippen molar-refractivity contribution in [3.8, 4) is 0 Å². The lowest BCUT2D eigenvalue weighted by Crippen LogP contribution is -2.34. The van der Waals surface area contributed by atoms with Crippen LogP contribution >= 0.6 is 0 Å². The second-order valence-corrected chi connectivity index (χ2v) is 3.78. The van der Waals surface area contributed by atoms with Crippen LogP contribution in [0.4, 0.5) is 0 Å². The first-order chi connectivity index (χ1) is 5.56. The molecule has 2 nitrogen and oxygen atoms in total. The standard InChI is InChI=1S/C10H21NO/c1-4-6-8-10(3,7-5-2)9(11)12/h4-8H2,1-3H3,(H2,11,12). The zero-order chi connectivity index (χ0) is 9.61. The predicted molar refractivity (Wildman–Crippen MR) is 51.7 cm³/mol. The molecule has 0 saturated carbocycles. The number of amides is 1. The molecule has 0 aromatic rings. The first-order valence-electron chi connectivity index (χ1n) is 4.86. The Morgan fingerprint density at radius 1 is 1.25 bits per heavy atom. The van der Waals surface area contributed by atoms with Gasteiger partial charge in [-0.05, 0) is 12.8 Å². The van der Waals surface area contributed by atoms with Gasteiger partial charge < -0.3 is 5.73 Å². The molecule has 0 bridgehead atoms. The van der Waals surface area contributed by atoms with Crippen molar-refractivity contribution in [3.05, 3.63) is 0 Å². The Balaban J connectivity index is 4.08. The van der Waals surface area contributed by atoms with Crippen molar-refractivity contribution < 1.29 is 4.79 Å². The van der Waals surface area contributed by atoms with E-state index in [9.17, 15) is 4.79 Å². The van der Waals surface area contributed by atoms with Crippen LogP contribution in [-0.2, 0) is 4.79 Å². The molecule has 0 heterocycles. The number of nitrogens with two attached hydrogens (primary N) is 1. The Bertz CT molecular complexity index is 145. The molecular weight excluding hydrogens is 150 g/mol. The lowest BCUT2D eigenvalue weighted by molar-refractivity contribution is -0.127. The fourth-order valence-electron chi connectivity index (χ4n) is 1.49. The van der Waals surface area contributed by atoms with Crippen molar-refractivity contribution in [1.29, 1.82) is 0 Å². The highest BCUT2D eigenvalue weighted by molar-refractivity contribution is 5.80. The first kappa shape index (κ1) is 11.5. The van der Waals surface area contributed by atoms with Crippen LogP contribution in [0, 0.1) is 5.41 Å². The van der Waals surface area contributed by atoms with E-state index in [0.717, 1.165) is 32.1 Å². The van der Waals surface area contributed by atoms with E-state index in [-0.39, 0.29) is 11.3 Å². The molecule has 0 radical (unpaired) electrons. The Labute approximate surface area is 75.5 Å². The number of carbonyl (C=O) groups is 1. The zero-order valence-electron chi connectivity index (χ0n) is 8.52. The second-order valence-electron chi connectivity index (χ2n) is 3.78. The van der Waals surface area contributed by atoms with Gasteiger partial charge in [0.1, 0.15) is 0 Å². The molecule has 1 unspecified atom stereocenters. The van der Waals surface area contributed by atoms with Crippen molar-refractivity contribution in [1.82, 2.24) is 0 Å². The minimum absolute atomic E-state index is 0.141. The average molecular weight is 171 g/mol. The monoisotopic (exact) mass is 171 g/mol. The molecule has 0 aliphatic rings. The number of hydrogen-bond acceptors (Lipinski definition) is 1. The summed E-state index contributed by atoms with van der Waals surface area (Å²) in [5.41, 5.74) is 5.10. The highest BCUT2D eigenvalue weighted by Gasteiger charge is 2.28. The lowest BCUT2D eigenvalue weighted by atomic mass is 9.80. The van der Waals surface area contributed by atoms with E-state index in [1.54, 1.807) is 0 Å². The first-order valence-corrected chi connectivity index (χ1v) is 4.86. The smallest absolute Gasteiger partial charge is 0.223 e. The SMILES string of the molecule is CCCCC(C)(CCC)C(N)=O. The molecule has 2 N–H and O–H groups in total. The Kier molecular flexibility index (Phi) is 4.95. The van der Waals surface area contributed by atoms with Gasteiger partial charge in [0.2, 0.25) is 5.91 Å². The molecule has 0 aromatic carbocycles. The molecule has 0 saturated heterocycles. The van der Waals surface area contributed by atoms with Crippen molar-refractivity contribution in [2.75, 3.05) is 0 Å². The molecule has 0 aliphatic carbocycles. The van der Waals surface area contributed by atoms with E-state index in [1.807, 2.05) is 6.92 Å². The molecule has 1 amide bonds. The fraction of sp³-hybridized carbons (Fsp3) is 0.900. The van der Waals surface area contributed by atoms with Gasteiger partial charge in [-0.1, -0.05) is 40.0 Å². The summed E-state index contributed by atoms with van der Waals surface area (Å²) in [6, 6.07) is 0. The van der Waals surface area contributed by atoms with Gasteiger partial charge >= 0.3 is 0 Å². The van der Waals surface area contributed by atoms with Gasteiger partial charge in [-0.3, -0.25) is 4.79 Å². The Hall–Kier alpha value is -0.530. The van der Waals surface area contributed by atoms with Crippen LogP contribution in [0.1, 0.15) is 52.9 Å². The van der Waals surface area contributed by atoms with Crippen LogP contribution in [-0.4, -0.2) is 5.91 Å². The summed E-state index contributed by atoms with van der Waals surface area (Å²) in [6.45, 7) is 6.20. The van der Waals surface area contributed by atoms with Gasteiger partial charge in [-0.15, -0.1) is 0 Å². The third-order valence-electron chi connectivity index (χ3n) is 2.48. The van der Waals surface area contributed by atoms with E-state index >= 15 is 0 Å². The average Bonchev–Trinajstić information content (AvgIpc) is 2.01. The summed E-state index contributed by atoms with van der Waals surface area (Å²) in [5, 5.41) is 0. The largest absolute Gasteiger partial charge is 0.369 e. The van der Waals surface area contributed by atoms with E-state index < -0.39 is 0 Å². The van der Waals surface area contributed by atoms with Crippen LogP contribution in [0.5, 0.6) is 0 Å². The minimum Gasteiger partial charge on any atom is -0.369 e. The Morgan fingerprint density at radius 3 is 2.17 bits per heavy atom. The van der Waals surface area contributed by atoms with Crippen molar-refractivity contribution >= 4 is 5.91 Å². The quantitative estimate of drug-likeness (QED) is 0.655. The van der Waals surface area contributed by atoms with Gasteiger partial charge in [0, 0.05) is 5.41 Å². The van der Waals surface area contributed by atoms with Gasteiger partial charge in [-0.2, -0.15) is 0 Å². The second kappa shape index (κ2) is 5.18. The molecule has 72 valence electrons. The zero-order valence-corrected chi connectivity index (χ0v) is 8.52. The van der Waals surface area contributed by atoms with Crippen LogP contribution in [0.3, 0.4) is 0 Å². The normalized spacial score (nSPS) is 15.6. The summed E-state index contributed by atoms with van der Waals surface area (Å²) in [5.74, 6) is -0.141. The van der Waals surface area contributed by atoms with E-state index in [0.29, 0.717) is 0 Å². The summed E-state index contributed by atoms with van der Waals surface area (Å²) >= 11 is 0. The maximum absolute atomic E-state index is 11.1. The van der Waals surface area contributed by atoms with E-state index in [4.69, 9.17) is 5.73 Å². The molecule has 12 heavy (non-hydrogen) atoms. The molecule has 0 rings (SSSR count). The number of carbonyl (C=O) groups excluding carboxylic acids is 1. The summed E-state index contributed by atoms with van der Waals surface area (Å²) in [6.07, 6.45) is 5.12. The predicted octanol–water partition coefficient (Wildman–Crippen LogP) is 2.47. The van der Waals surface area contributed by atoms with E-state index in [1.165, 1.54) is 0 Å². The maximum atomic E-state index is 11.1. The van der Waals surface area contributed by atoms with Crippen LogP contribution in [0.15, 0.2) is 0 Å². The van der Waals surface area contributed by atoms with Crippen molar-refractivity contribution in [2.24, 2.45) is 11.1 Å². The summed E-state index contributed by atoms with van der Waals surface area (Å²) in [7, 11) is 0. The van der Waals surface area contributed by atoms with Crippen molar-refractivity contribution in [2.45, 2.75) is 52.9 Å². The highest BCUT2D eigenvalue weighted by Crippen LogP contribution is 2.29. The van der Waals surface area contributed by atoms with Gasteiger partial charge in [0.05, 0.1) is 0 Å². The van der Waals surface area contributed by atoms with Crippen molar-refractivity contribution in [3.63, 3.8) is 0 Å². The third kappa shape index (κ3) is 3.24. The molecule has 0 aliphatic heterocycles. The van der Waals surface area contributed by atoms with Gasteiger partial charge in [0.15, 0.2) is 0 Å². The lowest BCUT2D eigenvalue weighted by Gasteiger charge is -2.25. The molecule has 2 heteroatoms. The molecule has 0 spiro atoms. The fourth-order valence-corrected chi connectivity index (χ4v) is 1.49. The van der Waals surface area contributed by atoms with Crippen LogP contribution < -0.4 is 5.73 Å². The van der Waals surface area contributed by atoms with Gasteiger partial charge in [-0.25, -0.2) is 0 Å². The molecule has 0 fully saturated rings. The molecule has 0 aromatic heterocycles. The van der Waals surface area contributed by atoms with Gasteiger partial charge in [0.25, 0.3) is 0 Å². The molecular formula is C10H21NO. The van der Waals surface area contributed by atoms with Crippen LogP contribution in [0.2, 0.25) is 0 Å². The third-order valence-corrected chi connectivity index (χ3v) is 2.48. The van der Waals surface area contributed by atoms with Crippen LogP contribution in [0.25, 0.3) is 0 Å². The number of rotatable bonds is 6. The minimum atomic E-state index is -0.259. The van der Waals surface area contributed by atoms with E-state index in [2.05, 4.69) is 13.8 Å². The maximum Gasteiger partial charge on any atom is 0.223 e. The number of hydrogen-bond donors (Lipinski definition) is 1. The molecule has 1 atom stereocenters. The highest BCUT2D eigenvalue weighted by atomic mass is 16.1. The topological polar surface area (TPSA) is 43.1 Å². The number of primary amides is 1. The summed E-state index contributed by atoms with van der Waals surface area (Å²) < 4.78 is 0. The Morgan fingerprint density at radius 2 is 1.83 bits per heavy atom. The summed E-state index contributed by atoms with van der Waals surface area (Å²) in [4.78, 5) is 11.1.